The van der Waals surface area contributed by atoms with E-state index >= 15 is 0 Å². The van der Waals surface area contributed by atoms with E-state index in [1.807, 2.05) is 6.07 Å². The molecule has 0 saturated carbocycles. The molecule has 7 heteroatoms. The SMILES string of the molecule is Cc1noc(C)c1S(=O)(=O)NC(C)c1ccccc1N. The molecular weight excluding hydrogens is 278 g/mol. The summed E-state index contributed by atoms with van der Waals surface area (Å²) >= 11 is 0. The van der Waals surface area contributed by atoms with Gasteiger partial charge in [-0.1, -0.05) is 23.4 Å². The van der Waals surface area contributed by atoms with Gasteiger partial charge in [0.2, 0.25) is 10.0 Å². The minimum absolute atomic E-state index is 0.0823. The fraction of sp³-hybridized carbons (Fsp3) is 0.308. The van der Waals surface area contributed by atoms with E-state index < -0.39 is 16.1 Å². The van der Waals surface area contributed by atoms with Gasteiger partial charge in [-0.05, 0) is 32.4 Å². The molecule has 1 aromatic carbocycles. The number of hydrogen-bond donors (Lipinski definition) is 2. The number of nitrogens with two attached hydrogens (primary N) is 1. The molecule has 0 amide bonds. The number of rotatable bonds is 4. The first-order chi connectivity index (χ1) is 9.33. The molecule has 0 bridgehead atoms. The van der Waals surface area contributed by atoms with E-state index in [-0.39, 0.29) is 10.7 Å². The number of para-hydroxylation sites is 1. The van der Waals surface area contributed by atoms with Gasteiger partial charge in [0.05, 0.1) is 0 Å². The van der Waals surface area contributed by atoms with Crippen LogP contribution in [0.15, 0.2) is 33.7 Å². The molecule has 0 aliphatic rings. The molecule has 0 radical (unpaired) electrons. The van der Waals surface area contributed by atoms with Crippen molar-refractivity contribution < 1.29 is 12.9 Å². The number of benzene rings is 1. The molecule has 1 aromatic heterocycles. The molecule has 3 N–H and O–H groups in total. The largest absolute Gasteiger partial charge is 0.398 e. The van der Waals surface area contributed by atoms with Crippen LogP contribution in [0.5, 0.6) is 0 Å². The van der Waals surface area contributed by atoms with Crippen LogP contribution in [0, 0.1) is 13.8 Å². The maximum Gasteiger partial charge on any atom is 0.246 e. The molecule has 0 fully saturated rings. The van der Waals surface area contributed by atoms with Gasteiger partial charge in [-0.2, -0.15) is 0 Å². The topological polar surface area (TPSA) is 98.2 Å². The molecule has 1 heterocycles. The fourth-order valence-electron chi connectivity index (χ4n) is 2.12. The molecule has 20 heavy (non-hydrogen) atoms. The van der Waals surface area contributed by atoms with Crippen LogP contribution in [0.3, 0.4) is 0 Å². The Morgan fingerprint density at radius 2 is 1.95 bits per heavy atom. The summed E-state index contributed by atoms with van der Waals surface area (Å²) in [6.45, 7) is 4.89. The highest BCUT2D eigenvalue weighted by Gasteiger charge is 2.26. The quantitative estimate of drug-likeness (QED) is 0.840. The highest BCUT2D eigenvalue weighted by molar-refractivity contribution is 7.89. The van der Waals surface area contributed by atoms with Gasteiger partial charge in [-0.25, -0.2) is 13.1 Å². The monoisotopic (exact) mass is 295 g/mol. The molecule has 2 aromatic rings. The van der Waals surface area contributed by atoms with Crippen LogP contribution in [0.25, 0.3) is 0 Å². The van der Waals surface area contributed by atoms with Gasteiger partial charge in [-0.3, -0.25) is 0 Å². The number of nitrogen functional groups attached to an aromatic ring is 1. The average molecular weight is 295 g/mol. The smallest absolute Gasteiger partial charge is 0.246 e. The van der Waals surface area contributed by atoms with Gasteiger partial charge >= 0.3 is 0 Å². The first-order valence-corrected chi connectivity index (χ1v) is 7.61. The molecule has 0 aliphatic heterocycles. The number of nitrogens with one attached hydrogen (secondary N) is 1. The lowest BCUT2D eigenvalue weighted by atomic mass is 10.1. The molecule has 0 aliphatic carbocycles. The molecule has 0 spiro atoms. The summed E-state index contributed by atoms with van der Waals surface area (Å²) in [6.07, 6.45) is 0. The number of anilines is 1. The summed E-state index contributed by atoms with van der Waals surface area (Å²) in [5, 5.41) is 3.66. The minimum atomic E-state index is -3.70. The van der Waals surface area contributed by atoms with E-state index in [0.717, 1.165) is 5.56 Å². The second-order valence-electron chi connectivity index (χ2n) is 4.63. The van der Waals surface area contributed by atoms with Crippen molar-refractivity contribution in [1.82, 2.24) is 9.88 Å². The summed E-state index contributed by atoms with van der Waals surface area (Å²) in [5.74, 6) is 0.267. The van der Waals surface area contributed by atoms with Crippen molar-refractivity contribution in [2.24, 2.45) is 0 Å². The number of hydrogen-bond acceptors (Lipinski definition) is 5. The van der Waals surface area contributed by atoms with Crippen LogP contribution >= 0.6 is 0 Å². The number of aromatic nitrogens is 1. The van der Waals surface area contributed by atoms with E-state index in [1.54, 1.807) is 39.0 Å². The summed E-state index contributed by atoms with van der Waals surface area (Å²) < 4.78 is 32.2. The van der Waals surface area contributed by atoms with Gasteiger partial charge in [-0.15, -0.1) is 0 Å². The van der Waals surface area contributed by atoms with E-state index in [2.05, 4.69) is 9.88 Å². The Bertz CT molecular complexity index is 703. The van der Waals surface area contributed by atoms with Gasteiger partial charge in [0.1, 0.15) is 10.6 Å². The number of nitrogens with zero attached hydrogens (tertiary/aromatic N) is 1. The van der Waals surface area contributed by atoms with Crippen molar-refractivity contribution in [3.05, 3.63) is 41.3 Å². The summed E-state index contributed by atoms with van der Waals surface area (Å²) in [5.41, 5.74) is 7.46. The Balaban J connectivity index is 2.32. The average Bonchev–Trinajstić information content (AvgIpc) is 2.69. The van der Waals surface area contributed by atoms with Crippen LogP contribution in [0.1, 0.15) is 30.0 Å². The van der Waals surface area contributed by atoms with Crippen molar-refractivity contribution in [2.75, 3.05) is 5.73 Å². The van der Waals surface area contributed by atoms with Crippen molar-refractivity contribution >= 4 is 15.7 Å². The Morgan fingerprint density at radius 3 is 2.50 bits per heavy atom. The highest BCUT2D eigenvalue weighted by Crippen LogP contribution is 2.24. The minimum Gasteiger partial charge on any atom is -0.398 e. The fourth-order valence-corrected chi connectivity index (χ4v) is 3.67. The lowest BCUT2D eigenvalue weighted by molar-refractivity contribution is 0.390. The zero-order valence-electron chi connectivity index (χ0n) is 11.5. The molecular formula is C13H17N3O3S. The first-order valence-electron chi connectivity index (χ1n) is 6.12. The van der Waals surface area contributed by atoms with Crippen molar-refractivity contribution in [2.45, 2.75) is 31.7 Å². The number of sulfonamides is 1. The Hall–Kier alpha value is -1.86. The van der Waals surface area contributed by atoms with Gasteiger partial charge in [0, 0.05) is 11.7 Å². The zero-order valence-corrected chi connectivity index (χ0v) is 12.4. The van der Waals surface area contributed by atoms with E-state index in [4.69, 9.17) is 10.3 Å². The second-order valence-corrected chi connectivity index (χ2v) is 6.28. The Kier molecular flexibility index (Phi) is 3.82. The zero-order chi connectivity index (χ0) is 14.9. The normalized spacial score (nSPS) is 13.3. The number of aryl methyl sites for hydroxylation is 2. The predicted molar refractivity (Wildman–Crippen MR) is 75.6 cm³/mol. The first kappa shape index (κ1) is 14.5. The molecule has 0 saturated heterocycles. The second kappa shape index (κ2) is 5.26. The van der Waals surface area contributed by atoms with Crippen molar-refractivity contribution in [1.29, 1.82) is 0 Å². The highest BCUT2D eigenvalue weighted by atomic mass is 32.2. The third-order valence-corrected chi connectivity index (χ3v) is 4.82. The van der Waals surface area contributed by atoms with Crippen LogP contribution in [0.2, 0.25) is 0 Å². The standard InChI is InChI=1S/C13H17N3O3S/c1-8(11-6-4-5-7-12(11)14)16-20(17,18)13-9(2)15-19-10(13)3/h4-8,16H,14H2,1-3H3. The van der Waals surface area contributed by atoms with Crippen molar-refractivity contribution in [3.8, 4) is 0 Å². The Labute approximate surface area is 118 Å². The van der Waals surface area contributed by atoms with Crippen LogP contribution in [0.4, 0.5) is 5.69 Å². The summed E-state index contributed by atoms with van der Waals surface area (Å²) in [6, 6.07) is 6.68. The maximum absolute atomic E-state index is 12.4. The molecule has 6 nitrogen and oxygen atoms in total. The lowest BCUT2D eigenvalue weighted by Crippen LogP contribution is -2.28. The van der Waals surface area contributed by atoms with Crippen molar-refractivity contribution in [3.63, 3.8) is 0 Å². The molecule has 108 valence electrons. The molecule has 1 unspecified atom stereocenters. The van der Waals surface area contributed by atoms with Crippen LogP contribution in [-0.4, -0.2) is 13.6 Å². The van der Waals surface area contributed by atoms with Gasteiger partial charge in [0.25, 0.3) is 0 Å². The summed E-state index contributed by atoms with van der Waals surface area (Å²) in [7, 11) is -3.70. The third kappa shape index (κ3) is 2.68. The Morgan fingerprint density at radius 1 is 1.30 bits per heavy atom. The van der Waals surface area contributed by atoms with Gasteiger partial charge < -0.3 is 10.3 Å². The van der Waals surface area contributed by atoms with E-state index in [1.165, 1.54) is 0 Å². The lowest BCUT2D eigenvalue weighted by Gasteiger charge is -2.16. The summed E-state index contributed by atoms with van der Waals surface area (Å²) in [4.78, 5) is 0.0823. The maximum atomic E-state index is 12.4. The van der Waals surface area contributed by atoms with E-state index in [9.17, 15) is 8.42 Å². The van der Waals surface area contributed by atoms with Crippen LogP contribution in [-0.2, 0) is 10.0 Å². The van der Waals surface area contributed by atoms with E-state index in [0.29, 0.717) is 11.4 Å². The predicted octanol–water partition coefficient (Wildman–Crippen LogP) is 1.91. The molecule has 1 atom stereocenters. The molecule has 2 rings (SSSR count). The van der Waals surface area contributed by atoms with Gasteiger partial charge in [0.15, 0.2) is 5.76 Å². The third-order valence-electron chi connectivity index (χ3n) is 3.03. The van der Waals surface area contributed by atoms with Crippen LogP contribution < -0.4 is 10.5 Å².